The second-order valence-corrected chi connectivity index (χ2v) is 5.51. The fourth-order valence-electron chi connectivity index (χ4n) is 1.78. The lowest BCUT2D eigenvalue weighted by Gasteiger charge is -2.17. The maximum absolute atomic E-state index is 11.9. The summed E-state index contributed by atoms with van der Waals surface area (Å²) in [5.74, 6) is 0.730. The van der Waals surface area contributed by atoms with E-state index >= 15 is 0 Å². The Morgan fingerprint density at radius 2 is 2.00 bits per heavy atom. The minimum absolute atomic E-state index is 0.0544. The number of benzene rings is 1. The largest absolute Gasteiger partial charge is 0.361 e. The Labute approximate surface area is 119 Å². The molecule has 1 amide bonds. The molecule has 106 valence electrons. The van der Waals surface area contributed by atoms with Gasteiger partial charge in [0.1, 0.15) is 5.76 Å². The first-order valence-electron chi connectivity index (χ1n) is 6.82. The van der Waals surface area contributed by atoms with Crippen LogP contribution in [-0.4, -0.2) is 11.1 Å². The summed E-state index contributed by atoms with van der Waals surface area (Å²) in [6.07, 6.45) is 1.18. The van der Waals surface area contributed by atoms with E-state index in [0.29, 0.717) is 5.69 Å². The zero-order chi connectivity index (χ0) is 14.6. The van der Waals surface area contributed by atoms with Crippen molar-refractivity contribution in [2.45, 2.75) is 39.0 Å². The number of hydrogen-bond donors (Lipinski definition) is 1. The number of carbonyl (C=O) groups is 1. The van der Waals surface area contributed by atoms with Crippen LogP contribution in [-0.2, 0) is 16.6 Å². The van der Waals surface area contributed by atoms with Gasteiger partial charge in [0.05, 0.1) is 12.1 Å². The first-order valence-corrected chi connectivity index (χ1v) is 6.82. The molecular formula is C16H20N2O2. The summed E-state index contributed by atoms with van der Waals surface area (Å²) in [6.45, 7) is 6.30. The van der Waals surface area contributed by atoms with Crippen molar-refractivity contribution in [3.63, 3.8) is 0 Å². The molecule has 0 aliphatic heterocycles. The molecule has 0 bridgehead atoms. The Morgan fingerprint density at radius 1 is 1.30 bits per heavy atom. The molecule has 4 nitrogen and oxygen atoms in total. The summed E-state index contributed by atoms with van der Waals surface area (Å²) in [6, 6.07) is 11.3. The molecule has 1 heterocycles. The molecule has 1 aromatic heterocycles. The fraction of sp³-hybridized carbons (Fsp3) is 0.375. The molecule has 0 atom stereocenters. The quantitative estimate of drug-likeness (QED) is 0.905. The minimum Gasteiger partial charge on any atom is -0.361 e. The number of para-hydroxylation sites is 1. The number of nitrogens with one attached hydrogen (secondary N) is 1. The topological polar surface area (TPSA) is 55.1 Å². The van der Waals surface area contributed by atoms with Gasteiger partial charge in [0.25, 0.3) is 0 Å². The van der Waals surface area contributed by atoms with Crippen molar-refractivity contribution in [3.8, 4) is 0 Å². The number of carbonyl (C=O) groups excluding carboxylic acids is 1. The van der Waals surface area contributed by atoms with E-state index < -0.39 is 0 Å². The Morgan fingerprint density at radius 3 is 2.65 bits per heavy atom. The van der Waals surface area contributed by atoms with E-state index in [-0.39, 0.29) is 17.7 Å². The monoisotopic (exact) mass is 272 g/mol. The van der Waals surface area contributed by atoms with Crippen LogP contribution in [0.25, 0.3) is 0 Å². The maximum atomic E-state index is 11.9. The first-order chi connectivity index (χ1) is 9.51. The van der Waals surface area contributed by atoms with E-state index in [1.165, 1.54) is 0 Å². The van der Waals surface area contributed by atoms with Crippen molar-refractivity contribution >= 4 is 11.6 Å². The van der Waals surface area contributed by atoms with E-state index in [0.717, 1.165) is 17.9 Å². The van der Waals surface area contributed by atoms with Crippen molar-refractivity contribution in [2.24, 2.45) is 0 Å². The van der Waals surface area contributed by atoms with Gasteiger partial charge in [-0.05, 0) is 18.6 Å². The Bertz CT molecular complexity index is 573. The van der Waals surface area contributed by atoms with Gasteiger partial charge in [-0.25, -0.2) is 0 Å². The van der Waals surface area contributed by atoms with E-state index in [1.54, 1.807) is 0 Å². The number of amides is 1. The van der Waals surface area contributed by atoms with E-state index in [4.69, 9.17) is 4.52 Å². The zero-order valence-corrected chi connectivity index (χ0v) is 12.1. The molecule has 2 rings (SSSR count). The molecule has 4 heteroatoms. The van der Waals surface area contributed by atoms with Crippen LogP contribution in [0.1, 0.15) is 38.6 Å². The van der Waals surface area contributed by atoms with Gasteiger partial charge in [-0.2, -0.15) is 0 Å². The van der Waals surface area contributed by atoms with Crippen LogP contribution in [0.3, 0.4) is 0 Å². The third-order valence-corrected chi connectivity index (χ3v) is 3.51. The highest BCUT2D eigenvalue weighted by Gasteiger charge is 2.23. The fourth-order valence-corrected chi connectivity index (χ4v) is 1.78. The van der Waals surface area contributed by atoms with Crippen LogP contribution in [0.5, 0.6) is 0 Å². The molecular weight excluding hydrogens is 252 g/mol. The summed E-state index contributed by atoms with van der Waals surface area (Å²) in [5.41, 5.74) is 1.39. The second-order valence-electron chi connectivity index (χ2n) is 5.51. The van der Waals surface area contributed by atoms with E-state index in [2.05, 4.69) is 31.2 Å². The van der Waals surface area contributed by atoms with Crippen LogP contribution in [0.15, 0.2) is 40.9 Å². The third-order valence-electron chi connectivity index (χ3n) is 3.51. The molecule has 0 unspecified atom stereocenters. The van der Waals surface area contributed by atoms with Gasteiger partial charge in [-0.1, -0.05) is 44.1 Å². The van der Waals surface area contributed by atoms with Gasteiger partial charge in [0, 0.05) is 17.2 Å². The highest BCUT2D eigenvalue weighted by atomic mass is 16.5. The molecule has 0 aliphatic carbocycles. The number of anilines is 1. The molecule has 1 aromatic carbocycles. The maximum Gasteiger partial charge on any atom is 0.230 e. The Hall–Kier alpha value is -2.10. The van der Waals surface area contributed by atoms with Crippen molar-refractivity contribution in [1.82, 2.24) is 5.16 Å². The molecule has 0 saturated carbocycles. The van der Waals surface area contributed by atoms with Crippen LogP contribution in [0.2, 0.25) is 0 Å². The molecule has 20 heavy (non-hydrogen) atoms. The molecule has 1 N–H and O–H groups in total. The van der Waals surface area contributed by atoms with Crippen molar-refractivity contribution in [1.29, 1.82) is 0 Å². The zero-order valence-electron chi connectivity index (χ0n) is 12.1. The number of nitrogens with zero attached hydrogens (tertiary/aromatic N) is 1. The van der Waals surface area contributed by atoms with E-state index in [1.807, 2.05) is 36.4 Å². The lowest BCUT2D eigenvalue weighted by atomic mass is 9.87. The van der Waals surface area contributed by atoms with Gasteiger partial charge in [-0.3, -0.25) is 4.79 Å². The predicted octanol–water partition coefficient (Wildman–Crippen LogP) is 3.54. The molecule has 2 aromatic rings. The molecule has 0 saturated heterocycles. The van der Waals surface area contributed by atoms with E-state index in [9.17, 15) is 4.79 Å². The number of rotatable bonds is 5. The smallest absolute Gasteiger partial charge is 0.230 e. The lowest BCUT2D eigenvalue weighted by Crippen LogP contribution is -2.15. The van der Waals surface area contributed by atoms with Crippen LogP contribution in [0.4, 0.5) is 5.69 Å². The third kappa shape index (κ3) is 3.47. The molecule has 0 spiro atoms. The SMILES string of the molecule is CCC(C)(C)c1cc(CC(=O)Nc2ccccc2)no1. The average molecular weight is 272 g/mol. The lowest BCUT2D eigenvalue weighted by molar-refractivity contribution is -0.115. The summed E-state index contributed by atoms with van der Waals surface area (Å²) in [4.78, 5) is 11.9. The first kappa shape index (κ1) is 14.3. The standard InChI is InChI=1S/C16H20N2O2/c1-4-16(2,3)14-10-13(18-20-14)11-15(19)17-12-8-6-5-7-9-12/h5-10H,4,11H2,1-3H3,(H,17,19). The van der Waals surface area contributed by atoms with Gasteiger partial charge < -0.3 is 9.84 Å². The van der Waals surface area contributed by atoms with Gasteiger partial charge in [0.15, 0.2) is 0 Å². The average Bonchev–Trinajstić information content (AvgIpc) is 2.89. The van der Waals surface area contributed by atoms with Crippen LogP contribution in [0, 0.1) is 0 Å². The molecule has 0 aliphatic rings. The van der Waals surface area contributed by atoms with Crippen LogP contribution >= 0.6 is 0 Å². The Kier molecular flexibility index (Phi) is 4.23. The number of aromatic nitrogens is 1. The van der Waals surface area contributed by atoms with Crippen molar-refractivity contribution in [2.75, 3.05) is 5.32 Å². The molecule has 0 fully saturated rings. The summed E-state index contributed by atoms with van der Waals surface area (Å²) in [7, 11) is 0. The van der Waals surface area contributed by atoms with Crippen LogP contribution < -0.4 is 5.32 Å². The van der Waals surface area contributed by atoms with Gasteiger partial charge in [0.2, 0.25) is 5.91 Å². The summed E-state index contributed by atoms with van der Waals surface area (Å²) in [5, 5.41) is 6.81. The predicted molar refractivity (Wildman–Crippen MR) is 78.6 cm³/mol. The van der Waals surface area contributed by atoms with Gasteiger partial charge in [-0.15, -0.1) is 0 Å². The normalized spacial score (nSPS) is 11.3. The highest BCUT2D eigenvalue weighted by molar-refractivity contribution is 5.91. The van der Waals surface area contributed by atoms with Crippen molar-refractivity contribution < 1.29 is 9.32 Å². The second kappa shape index (κ2) is 5.90. The van der Waals surface area contributed by atoms with Crippen molar-refractivity contribution in [3.05, 3.63) is 47.9 Å². The minimum atomic E-state index is -0.0923. The number of hydrogen-bond acceptors (Lipinski definition) is 3. The summed E-state index contributed by atoms with van der Waals surface area (Å²) < 4.78 is 5.34. The van der Waals surface area contributed by atoms with Gasteiger partial charge >= 0.3 is 0 Å². The summed E-state index contributed by atoms with van der Waals surface area (Å²) >= 11 is 0. The molecule has 0 radical (unpaired) electrons. The highest BCUT2D eigenvalue weighted by Crippen LogP contribution is 2.27. The Balaban J connectivity index is 1.99.